The molecule has 0 fully saturated rings. The Hall–Kier alpha value is -1.76. The predicted molar refractivity (Wildman–Crippen MR) is 74.8 cm³/mol. The van der Waals surface area contributed by atoms with E-state index in [2.05, 4.69) is 63.1 Å². The number of aryl methyl sites for hydroxylation is 3. The Labute approximate surface area is 103 Å². The molecular formula is C16H19N. The van der Waals surface area contributed by atoms with Crippen molar-refractivity contribution in [3.63, 3.8) is 0 Å². The molecule has 1 aromatic heterocycles. The van der Waals surface area contributed by atoms with E-state index in [1.807, 2.05) is 6.08 Å². The van der Waals surface area contributed by atoms with Gasteiger partial charge in [-0.25, -0.2) is 0 Å². The molecule has 2 aromatic rings. The Bertz CT molecular complexity index is 553. The first kappa shape index (κ1) is 11.7. The van der Waals surface area contributed by atoms with Gasteiger partial charge in [0, 0.05) is 11.4 Å². The third-order valence-corrected chi connectivity index (χ3v) is 3.35. The van der Waals surface area contributed by atoms with Crippen molar-refractivity contribution >= 4 is 6.08 Å². The van der Waals surface area contributed by atoms with Crippen molar-refractivity contribution in [2.45, 2.75) is 27.7 Å². The highest BCUT2D eigenvalue weighted by atomic mass is 15.0. The maximum atomic E-state index is 3.87. The maximum Gasteiger partial charge on any atom is 0.0513 e. The lowest BCUT2D eigenvalue weighted by atomic mass is 10.1. The number of hydrogen-bond donors (Lipinski definition) is 0. The third kappa shape index (κ3) is 1.82. The molecule has 0 radical (unpaired) electrons. The summed E-state index contributed by atoms with van der Waals surface area (Å²) in [5.74, 6) is 0. The SMILES string of the molecule is C=Cc1cc(C)n(-c2c(C)cccc2C)c1C. The van der Waals surface area contributed by atoms with Crippen molar-refractivity contribution in [3.05, 3.63) is 58.9 Å². The lowest BCUT2D eigenvalue weighted by Crippen LogP contribution is -2.03. The molecular weight excluding hydrogens is 206 g/mol. The van der Waals surface area contributed by atoms with Gasteiger partial charge in [0.25, 0.3) is 0 Å². The quantitative estimate of drug-likeness (QED) is 0.716. The predicted octanol–water partition coefficient (Wildman–Crippen LogP) is 4.35. The van der Waals surface area contributed by atoms with Crippen molar-refractivity contribution in [2.75, 3.05) is 0 Å². The third-order valence-electron chi connectivity index (χ3n) is 3.35. The lowest BCUT2D eigenvalue weighted by Gasteiger charge is -2.15. The molecule has 0 aliphatic heterocycles. The normalized spacial score (nSPS) is 10.6. The van der Waals surface area contributed by atoms with Crippen molar-refractivity contribution in [1.82, 2.24) is 4.57 Å². The van der Waals surface area contributed by atoms with Gasteiger partial charge in [0.15, 0.2) is 0 Å². The molecule has 0 saturated heterocycles. The summed E-state index contributed by atoms with van der Waals surface area (Å²) in [7, 11) is 0. The van der Waals surface area contributed by atoms with Gasteiger partial charge in [-0.3, -0.25) is 0 Å². The summed E-state index contributed by atoms with van der Waals surface area (Å²) in [6, 6.07) is 8.62. The first-order valence-corrected chi connectivity index (χ1v) is 5.94. The minimum absolute atomic E-state index is 1.21. The van der Waals surface area contributed by atoms with Crippen molar-refractivity contribution in [2.24, 2.45) is 0 Å². The van der Waals surface area contributed by atoms with Crippen LogP contribution < -0.4 is 0 Å². The Kier molecular flexibility index (Phi) is 2.93. The van der Waals surface area contributed by atoms with Crippen LogP contribution in [-0.4, -0.2) is 4.57 Å². The van der Waals surface area contributed by atoms with Crippen molar-refractivity contribution < 1.29 is 0 Å². The Morgan fingerprint density at radius 3 is 2.12 bits per heavy atom. The molecule has 0 aliphatic carbocycles. The Morgan fingerprint density at radius 1 is 1.06 bits per heavy atom. The highest BCUT2D eigenvalue weighted by Gasteiger charge is 2.12. The highest BCUT2D eigenvalue weighted by molar-refractivity contribution is 5.57. The topological polar surface area (TPSA) is 4.93 Å². The Balaban J connectivity index is 2.77. The zero-order valence-corrected chi connectivity index (χ0v) is 11.0. The number of benzene rings is 1. The van der Waals surface area contributed by atoms with E-state index < -0.39 is 0 Å². The molecule has 1 heteroatoms. The van der Waals surface area contributed by atoms with E-state index >= 15 is 0 Å². The van der Waals surface area contributed by atoms with Gasteiger partial charge in [-0.15, -0.1) is 0 Å². The average molecular weight is 225 g/mol. The average Bonchev–Trinajstić information content (AvgIpc) is 2.56. The summed E-state index contributed by atoms with van der Waals surface area (Å²) in [6.45, 7) is 12.5. The van der Waals surface area contributed by atoms with Gasteiger partial charge in [-0.05, 0) is 50.5 Å². The molecule has 0 N–H and O–H groups in total. The van der Waals surface area contributed by atoms with Crippen LogP contribution in [0.5, 0.6) is 0 Å². The van der Waals surface area contributed by atoms with Gasteiger partial charge < -0.3 is 4.57 Å². The van der Waals surface area contributed by atoms with Gasteiger partial charge in [0.1, 0.15) is 0 Å². The molecule has 0 spiro atoms. The molecule has 0 aliphatic rings. The van der Waals surface area contributed by atoms with E-state index in [0.29, 0.717) is 0 Å². The minimum atomic E-state index is 1.21. The molecule has 17 heavy (non-hydrogen) atoms. The van der Waals surface area contributed by atoms with Crippen LogP contribution >= 0.6 is 0 Å². The monoisotopic (exact) mass is 225 g/mol. The fraction of sp³-hybridized carbons (Fsp3) is 0.250. The maximum absolute atomic E-state index is 3.87. The second-order valence-electron chi connectivity index (χ2n) is 4.61. The fourth-order valence-electron chi connectivity index (χ4n) is 2.50. The molecule has 1 aromatic carbocycles. The van der Waals surface area contributed by atoms with Crippen LogP contribution in [-0.2, 0) is 0 Å². The van der Waals surface area contributed by atoms with E-state index in [0.717, 1.165) is 0 Å². The van der Waals surface area contributed by atoms with Crippen LogP contribution in [0.15, 0.2) is 30.8 Å². The van der Waals surface area contributed by atoms with Crippen LogP contribution in [0.2, 0.25) is 0 Å². The van der Waals surface area contributed by atoms with E-state index in [-0.39, 0.29) is 0 Å². The highest BCUT2D eigenvalue weighted by Crippen LogP contribution is 2.26. The number of hydrogen-bond acceptors (Lipinski definition) is 0. The number of aromatic nitrogens is 1. The van der Waals surface area contributed by atoms with Crippen molar-refractivity contribution in [3.8, 4) is 5.69 Å². The van der Waals surface area contributed by atoms with E-state index in [4.69, 9.17) is 0 Å². The van der Waals surface area contributed by atoms with Crippen molar-refractivity contribution in [1.29, 1.82) is 0 Å². The molecule has 2 rings (SSSR count). The largest absolute Gasteiger partial charge is 0.317 e. The van der Waals surface area contributed by atoms with Gasteiger partial charge in [-0.2, -0.15) is 0 Å². The van der Waals surface area contributed by atoms with E-state index in [1.54, 1.807) is 0 Å². The number of nitrogens with zero attached hydrogens (tertiary/aromatic N) is 1. The molecule has 1 heterocycles. The lowest BCUT2D eigenvalue weighted by molar-refractivity contribution is 0.943. The Morgan fingerprint density at radius 2 is 1.65 bits per heavy atom. The number of rotatable bonds is 2. The summed E-state index contributed by atoms with van der Waals surface area (Å²) in [5, 5.41) is 0. The molecule has 0 bridgehead atoms. The molecule has 0 amide bonds. The standard InChI is InChI=1S/C16H19N/c1-6-15-10-13(4)17(14(15)5)16-11(2)8-7-9-12(16)3/h6-10H,1H2,2-5H3. The fourth-order valence-corrected chi connectivity index (χ4v) is 2.50. The van der Waals surface area contributed by atoms with Crippen LogP contribution in [0.1, 0.15) is 28.1 Å². The summed E-state index contributed by atoms with van der Waals surface area (Å²) in [4.78, 5) is 0. The van der Waals surface area contributed by atoms with Crippen LogP contribution in [0.3, 0.4) is 0 Å². The zero-order chi connectivity index (χ0) is 12.6. The first-order valence-electron chi connectivity index (χ1n) is 5.94. The second kappa shape index (κ2) is 4.25. The van der Waals surface area contributed by atoms with Gasteiger partial charge in [-0.1, -0.05) is 30.9 Å². The van der Waals surface area contributed by atoms with E-state index in [9.17, 15) is 0 Å². The van der Waals surface area contributed by atoms with Crippen LogP contribution in [0.25, 0.3) is 11.8 Å². The van der Waals surface area contributed by atoms with E-state index in [1.165, 1.54) is 33.8 Å². The molecule has 1 nitrogen and oxygen atoms in total. The zero-order valence-electron chi connectivity index (χ0n) is 11.0. The second-order valence-corrected chi connectivity index (χ2v) is 4.61. The van der Waals surface area contributed by atoms with Crippen LogP contribution in [0.4, 0.5) is 0 Å². The minimum Gasteiger partial charge on any atom is -0.317 e. The molecule has 88 valence electrons. The number of para-hydroxylation sites is 1. The summed E-state index contributed by atoms with van der Waals surface area (Å²) in [5.41, 5.74) is 7.65. The molecule has 0 unspecified atom stereocenters. The summed E-state index contributed by atoms with van der Waals surface area (Å²) in [6.07, 6.45) is 1.92. The molecule has 0 saturated carbocycles. The van der Waals surface area contributed by atoms with Gasteiger partial charge >= 0.3 is 0 Å². The first-order chi connectivity index (χ1) is 8.06. The summed E-state index contributed by atoms with van der Waals surface area (Å²) < 4.78 is 2.32. The van der Waals surface area contributed by atoms with Gasteiger partial charge in [0.2, 0.25) is 0 Å². The summed E-state index contributed by atoms with van der Waals surface area (Å²) >= 11 is 0. The smallest absolute Gasteiger partial charge is 0.0513 e. The van der Waals surface area contributed by atoms with Gasteiger partial charge in [0.05, 0.1) is 5.69 Å². The molecule has 0 atom stereocenters. The van der Waals surface area contributed by atoms with Crippen LogP contribution in [0, 0.1) is 27.7 Å².